The van der Waals surface area contributed by atoms with Crippen molar-refractivity contribution in [3.05, 3.63) is 194 Å². The third-order valence-electron chi connectivity index (χ3n) is 9.47. The second-order valence-corrected chi connectivity index (χ2v) is 12.6. The highest BCUT2D eigenvalue weighted by atomic mass is 14.7. The highest BCUT2D eigenvalue weighted by molar-refractivity contribution is 5.99. The highest BCUT2D eigenvalue weighted by Gasteiger charge is 2.13. The van der Waals surface area contributed by atoms with E-state index in [0.29, 0.717) is 0 Å². The first-order valence-corrected chi connectivity index (χ1v) is 17.0. The molecule has 0 radical (unpaired) electrons. The second-order valence-electron chi connectivity index (χ2n) is 12.6. The first-order chi connectivity index (χ1) is 24.7. The maximum Gasteiger partial charge on any atom is 0.0716 e. The largest absolute Gasteiger partial charge is 0.248 e. The van der Waals surface area contributed by atoms with E-state index in [1.165, 1.54) is 27.8 Å². The first kappa shape index (κ1) is 29.5. The number of fused-ring (bicyclic) bond motifs is 2. The molecule has 2 heteroatoms. The predicted molar refractivity (Wildman–Crippen MR) is 210 cm³/mol. The number of nitrogens with zero attached hydrogens (tertiary/aromatic N) is 2. The summed E-state index contributed by atoms with van der Waals surface area (Å²) in [6, 6.07) is 68.8. The SMILES string of the molecule is c1ccc(-c2cccc(-c3ccc4nc(-c5cccc(-c6ccccc6)c5)cc(-c5ccc(-c6ccc7ccccc7n6)cc5)c4c3)c2)cc1. The van der Waals surface area contributed by atoms with Crippen LogP contribution in [0, 0.1) is 0 Å². The van der Waals surface area contributed by atoms with Crippen molar-refractivity contribution in [1.82, 2.24) is 9.97 Å². The minimum absolute atomic E-state index is 0.948. The van der Waals surface area contributed by atoms with Gasteiger partial charge in [0.1, 0.15) is 0 Å². The Bertz CT molecular complexity index is 2620. The molecule has 0 amide bonds. The van der Waals surface area contributed by atoms with Gasteiger partial charge < -0.3 is 0 Å². The van der Waals surface area contributed by atoms with Crippen LogP contribution < -0.4 is 0 Å². The minimum Gasteiger partial charge on any atom is -0.248 e. The maximum absolute atomic E-state index is 5.25. The van der Waals surface area contributed by atoms with Gasteiger partial charge in [-0.3, -0.25) is 0 Å². The van der Waals surface area contributed by atoms with Gasteiger partial charge in [-0.15, -0.1) is 0 Å². The average molecular weight is 637 g/mol. The van der Waals surface area contributed by atoms with E-state index in [1.807, 2.05) is 6.07 Å². The molecular weight excluding hydrogens is 605 g/mol. The summed E-state index contributed by atoms with van der Waals surface area (Å²) in [7, 11) is 0. The molecule has 0 saturated heterocycles. The number of hydrogen-bond acceptors (Lipinski definition) is 2. The van der Waals surface area contributed by atoms with E-state index in [-0.39, 0.29) is 0 Å². The molecule has 2 nitrogen and oxygen atoms in total. The Hall–Kier alpha value is -6.64. The van der Waals surface area contributed by atoms with Gasteiger partial charge in [-0.25, -0.2) is 9.97 Å². The molecule has 0 spiro atoms. The van der Waals surface area contributed by atoms with E-state index in [0.717, 1.165) is 61.0 Å². The number of para-hydroxylation sites is 1. The van der Waals surface area contributed by atoms with Crippen LogP contribution in [-0.4, -0.2) is 9.97 Å². The van der Waals surface area contributed by atoms with Gasteiger partial charge >= 0.3 is 0 Å². The molecule has 0 fully saturated rings. The topological polar surface area (TPSA) is 25.8 Å². The van der Waals surface area contributed by atoms with Crippen molar-refractivity contribution in [3.8, 4) is 67.0 Å². The summed E-state index contributed by atoms with van der Waals surface area (Å²) >= 11 is 0. The fourth-order valence-corrected chi connectivity index (χ4v) is 6.84. The number of rotatable bonds is 6. The van der Waals surface area contributed by atoms with E-state index in [4.69, 9.17) is 9.97 Å². The smallest absolute Gasteiger partial charge is 0.0716 e. The third kappa shape index (κ3) is 5.74. The van der Waals surface area contributed by atoms with Crippen molar-refractivity contribution in [2.24, 2.45) is 0 Å². The third-order valence-corrected chi connectivity index (χ3v) is 9.47. The van der Waals surface area contributed by atoms with Gasteiger partial charge in [0.2, 0.25) is 0 Å². The Morgan fingerprint density at radius 3 is 1.50 bits per heavy atom. The van der Waals surface area contributed by atoms with Crippen LogP contribution in [0.2, 0.25) is 0 Å². The molecule has 0 aliphatic carbocycles. The van der Waals surface area contributed by atoms with Crippen LogP contribution in [0.3, 0.4) is 0 Å². The lowest BCUT2D eigenvalue weighted by atomic mass is 9.93. The van der Waals surface area contributed by atoms with Crippen molar-refractivity contribution >= 4 is 21.8 Å². The predicted octanol–water partition coefficient (Wildman–Crippen LogP) is 12.8. The van der Waals surface area contributed by atoms with Crippen molar-refractivity contribution in [3.63, 3.8) is 0 Å². The molecule has 9 rings (SSSR count). The van der Waals surface area contributed by atoms with Crippen LogP contribution in [0.15, 0.2) is 194 Å². The van der Waals surface area contributed by atoms with Gasteiger partial charge in [-0.05, 0) is 87.0 Å². The summed E-state index contributed by atoms with van der Waals surface area (Å²) in [5, 5.41) is 2.26. The van der Waals surface area contributed by atoms with E-state index < -0.39 is 0 Å². The maximum atomic E-state index is 5.25. The lowest BCUT2D eigenvalue weighted by Crippen LogP contribution is -1.92. The van der Waals surface area contributed by atoms with E-state index in [2.05, 4.69) is 188 Å². The van der Waals surface area contributed by atoms with Crippen molar-refractivity contribution in [2.45, 2.75) is 0 Å². The van der Waals surface area contributed by atoms with Crippen LogP contribution >= 0.6 is 0 Å². The minimum atomic E-state index is 0.948. The standard InChI is InChI=1S/C48H32N2/c1-3-11-33(12-4-1)38-16-9-18-40(29-38)41-26-28-47-44(31-41)43(32-48(50-47)42-19-10-17-39(30-42)34-13-5-2-6-14-34)35-21-23-37(24-22-35)46-27-25-36-15-7-8-20-45(36)49-46/h1-32H. The van der Waals surface area contributed by atoms with Crippen LogP contribution in [-0.2, 0) is 0 Å². The summed E-state index contributed by atoms with van der Waals surface area (Å²) in [5.74, 6) is 0. The molecule has 9 aromatic rings. The molecule has 234 valence electrons. The quantitative estimate of drug-likeness (QED) is 0.181. The van der Waals surface area contributed by atoms with Gasteiger partial charge in [0.25, 0.3) is 0 Å². The van der Waals surface area contributed by atoms with Crippen molar-refractivity contribution < 1.29 is 0 Å². The number of pyridine rings is 2. The van der Waals surface area contributed by atoms with Crippen molar-refractivity contribution in [1.29, 1.82) is 0 Å². The summed E-state index contributed by atoms with van der Waals surface area (Å²) in [6.07, 6.45) is 0. The molecule has 2 aromatic heterocycles. The molecule has 0 unspecified atom stereocenters. The van der Waals surface area contributed by atoms with Gasteiger partial charge in [0.05, 0.1) is 22.4 Å². The van der Waals surface area contributed by atoms with Crippen LogP contribution in [0.1, 0.15) is 0 Å². The Morgan fingerprint density at radius 2 is 0.780 bits per heavy atom. The Labute approximate surface area is 292 Å². The van der Waals surface area contributed by atoms with Gasteiger partial charge in [-0.2, -0.15) is 0 Å². The molecule has 0 saturated carbocycles. The Balaban J connectivity index is 1.17. The molecule has 0 N–H and O–H groups in total. The lowest BCUT2D eigenvalue weighted by molar-refractivity contribution is 1.39. The summed E-state index contributed by atoms with van der Waals surface area (Å²) < 4.78 is 0. The van der Waals surface area contributed by atoms with E-state index in [1.54, 1.807) is 0 Å². The zero-order chi connectivity index (χ0) is 33.3. The van der Waals surface area contributed by atoms with Crippen LogP contribution in [0.25, 0.3) is 88.8 Å². The normalized spacial score (nSPS) is 11.2. The first-order valence-electron chi connectivity index (χ1n) is 17.0. The molecule has 0 aliphatic rings. The molecule has 0 bridgehead atoms. The van der Waals surface area contributed by atoms with E-state index >= 15 is 0 Å². The van der Waals surface area contributed by atoms with Gasteiger partial charge in [0, 0.05) is 21.9 Å². The number of hydrogen-bond donors (Lipinski definition) is 0. The summed E-state index contributed by atoms with van der Waals surface area (Å²) in [4.78, 5) is 10.2. The molecular formula is C48H32N2. The molecule has 2 heterocycles. The van der Waals surface area contributed by atoms with Crippen LogP contribution in [0.5, 0.6) is 0 Å². The summed E-state index contributed by atoms with van der Waals surface area (Å²) in [6.45, 7) is 0. The molecule has 0 atom stereocenters. The van der Waals surface area contributed by atoms with Crippen LogP contribution in [0.4, 0.5) is 0 Å². The molecule has 0 aliphatic heterocycles. The number of aromatic nitrogens is 2. The van der Waals surface area contributed by atoms with Gasteiger partial charge in [-0.1, -0.05) is 152 Å². The monoisotopic (exact) mass is 636 g/mol. The Morgan fingerprint density at radius 1 is 0.260 bits per heavy atom. The second kappa shape index (κ2) is 12.8. The zero-order valence-electron chi connectivity index (χ0n) is 27.4. The molecule has 7 aromatic carbocycles. The fraction of sp³-hybridized carbons (Fsp3) is 0. The fourth-order valence-electron chi connectivity index (χ4n) is 6.84. The molecule has 50 heavy (non-hydrogen) atoms. The van der Waals surface area contributed by atoms with Crippen molar-refractivity contribution in [2.75, 3.05) is 0 Å². The zero-order valence-corrected chi connectivity index (χ0v) is 27.4. The number of benzene rings is 7. The highest BCUT2D eigenvalue weighted by Crippen LogP contribution is 2.37. The van der Waals surface area contributed by atoms with E-state index in [9.17, 15) is 0 Å². The average Bonchev–Trinajstić information content (AvgIpc) is 3.21. The van der Waals surface area contributed by atoms with Gasteiger partial charge in [0.15, 0.2) is 0 Å². The lowest BCUT2D eigenvalue weighted by Gasteiger charge is -2.14. The summed E-state index contributed by atoms with van der Waals surface area (Å²) in [5.41, 5.74) is 15.5. The Kier molecular flexibility index (Phi) is 7.53.